The smallest absolute Gasteiger partial charge is 0.416 e. The number of carbonyl (C=O) groups is 2. The minimum Gasteiger partial charge on any atom is -0.497 e. The van der Waals surface area contributed by atoms with Crippen LogP contribution in [0.3, 0.4) is 0 Å². The number of alkyl halides is 3. The Kier molecular flexibility index (Phi) is 10.6. The van der Waals surface area contributed by atoms with Gasteiger partial charge in [0.05, 0.1) is 23.3 Å². The lowest BCUT2D eigenvalue weighted by atomic mass is 10.1. The summed E-state index contributed by atoms with van der Waals surface area (Å²) in [6.07, 6.45) is -4.10. The van der Waals surface area contributed by atoms with E-state index in [9.17, 15) is 31.2 Å². The first-order valence-corrected chi connectivity index (χ1v) is 14.7. The fourth-order valence-electron chi connectivity index (χ4n) is 4.06. The van der Waals surface area contributed by atoms with Gasteiger partial charge < -0.3 is 15.0 Å². The van der Waals surface area contributed by atoms with E-state index in [0.29, 0.717) is 28.1 Å². The van der Waals surface area contributed by atoms with Crippen molar-refractivity contribution in [3.8, 4) is 5.75 Å². The molecule has 0 fully saturated rings. The Bertz CT molecular complexity index is 1470. The van der Waals surface area contributed by atoms with Crippen molar-refractivity contribution in [3.05, 3.63) is 90.0 Å². The number of methoxy groups -OCH3 is 1. The summed E-state index contributed by atoms with van der Waals surface area (Å²) in [6, 6.07) is 16.4. The van der Waals surface area contributed by atoms with Crippen LogP contribution < -0.4 is 14.4 Å². The highest BCUT2D eigenvalue weighted by Crippen LogP contribution is 2.33. The first-order valence-electron chi connectivity index (χ1n) is 13.3. The molecule has 2 atom stereocenters. The molecule has 0 aliphatic rings. The first kappa shape index (κ1) is 32.5. The van der Waals surface area contributed by atoms with Gasteiger partial charge in [-0.25, -0.2) is 8.42 Å². The molecular weight excluding hydrogens is 571 g/mol. The molecule has 0 saturated carbocycles. The zero-order valence-electron chi connectivity index (χ0n) is 23.8. The average Bonchev–Trinajstić information content (AvgIpc) is 2.98. The molecule has 3 rings (SSSR count). The quantitative estimate of drug-likeness (QED) is 0.305. The van der Waals surface area contributed by atoms with E-state index >= 15 is 0 Å². The van der Waals surface area contributed by atoms with E-state index in [1.165, 1.54) is 49.3 Å². The summed E-state index contributed by atoms with van der Waals surface area (Å²) < 4.78 is 74.0. The minimum absolute atomic E-state index is 0.0697. The fraction of sp³-hybridized carbons (Fsp3) is 0.333. The van der Waals surface area contributed by atoms with Crippen molar-refractivity contribution < 1.29 is 35.9 Å². The summed E-state index contributed by atoms with van der Waals surface area (Å²) in [4.78, 5) is 28.0. The fourth-order valence-corrected chi connectivity index (χ4v) is 5.49. The normalized spacial score (nSPS) is 13.1. The number of anilines is 1. The molecule has 0 spiro atoms. The lowest BCUT2D eigenvalue weighted by Crippen LogP contribution is -2.52. The summed E-state index contributed by atoms with van der Waals surface area (Å²) in [5.74, 6) is -0.666. The highest BCUT2D eigenvalue weighted by Gasteiger charge is 2.35. The van der Waals surface area contributed by atoms with E-state index in [0.717, 1.165) is 12.1 Å². The Labute approximate surface area is 244 Å². The summed E-state index contributed by atoms with van der Waals surface area (Å²) >= 11 is 0. The number of carbonyl (C=O) groups excluding carboxylic acids is 2. The van der Waals surface area contributed by atoms with Gasteiger partial charge in [-0.05, 0) is 68.3 Å². The van der Waals surface area contributed by atoms with Crippen molar-refractivity contribution >= 4 is 27.5 Å². The number of rotatable bonds is 12. The van der Waals surface area contributed by atoms with Gasteiger partial charge in [-0.15, -0.1) is 0 Å². The molecule has 0 saturated heterocycles. The molecule has 0 aromatic heterocycles. The van der Waals surface area contributed by atoms with Gasteiger partial charge in [0.25, 0.3) is 10.0 Å². The Morgan fingerprint density at radius 1 is 0.952 bits per heavy atom. The van der Waals surface area contributed by atoms with Gasteiger partial charge in [-0.1, -0.05) is 43.3 Å². The van der Waals surface area contributed by atoms with Crippen molar-refractivity contribution in [1.82, 2.24) is 10.2 Å². The van der Waals surface area contributed by atoms with Crippen LogP contribution in [-0.4, -0.2) is 50.9 Å². The minimum atomic E-state index is -4.74. The number of amides is 2. The molecule has 1 N–H and O–H groups in total. The second-order valence-electron chi connectivity index (χ2n) is 9.74. The lowest BCUT2D eigenvalue weighted by Gasteiger charge is -2.32. The highest BCUT2D eigenvalue weighted by molar-refractivity contribution is 7.92. The zero-order chi connectivity index (χ0) is 31.1. The van der Waals surface area contributed by atoms with Gasteiger partial charge in [-0.2, -0.15) is 13.2 Å². The highest BCUT2D eigenvalue weighted by atomic mass is 32.2. The first-order chi connectivity index (χ1) is 19.8. The third-order valence-corrected chi connectivity index (χ3v) is 8.54. The lowest BCUT2D eigenvalue weighted by molar-refractivity contribution is -0.139. The number of hydrogen-bond donors (Lipinski definition) is 1. The largest absolute Gasteiger partial charge is 0.497 e. The summed E-state index contributed by atoms with van der Waals surface area (Å²) in [5, 5.41) is 2.82. The summed E-state index contributed by atoms with van der Waals surface area (Å²) in [5.41, 5.74) is -0.788. The Morgan fingerprint density at radius 3 is 2.17 bits per heavy atom. The molecule has 12 heteroatoms. The van der Waals surface area contributed by atoms with Crippen LogP contribution in [0.15, 0.2) is 83.8 Å². The van der Waals surface area contributed by atoms with E-state index < -0.39 is 46.2 Å². The van der Waals surface area contributed by atoms with E-state index in [-0.39, 0.29) is 23.2 Å². The molecule has 3 aromatic rings. The molecule has 226 valence electrons. The monoisotopic (exact) mass is 605 g/mol. The molecule has 8 nitrogen and oxygen atoms in total. The molecule has 0 aliphatic heterocycles. The predicted molar refractivity (Wildman–Crippen MR) is 153 cm³/mol. The number of benzene rings is 3. The van der Waals surface area contributed by atoms with E-state index in [1.807, 2.05) is 13.8 Å². The Balaban J connectivity index is 2.07. The van der Waals surface area contributed by atoms with Crippen LogP contribution in [0.4, 0.5) is 18.9 Å². The maximum absolute atomic E-state index is 13.9. The van der Waals surface area contributed by atoms with Gasteiger partial charge in [0.1, 0.15) is 18.3 Å². The number of halogens is 3. The van der Waals surface area contributed by atoms with Gasteiger partial charge >= 0.3 is 6.18 Å². The van der Waals surface area contributed by atoms with Gasteiger partial charge in [0.15, 0.2) is 0 Å². The second kappa shape index (κ2) is 13.7. The second-order valence-corrected chi connectivity index (χ2v) is 11.6. The third kappa shape index (κ3) is 8.03. The molecule has 2 amide bonds. The molecule has 0 bridgehead atoms. The Hall–Kier alpha value is -4.06. The van der Waals surface area contributed by atoms with Crippen LogP contribution in [0.2, 0.25) is 0 Å². The standard InChI is InChI=1S/C30H34F3N3O5S/c1-5-21(2)34-29(38)22(3)35(19-23-14-16-26(41-4)17-15-23)28(37)20-36(42(39,40)27-12-7-6-8-13-27)25-11-9-10-24(18-25)30(31,32)33/h6-18,21-22H,5,19-20H2,1-4H3,(H,34,38). The van der Waals surface area contributed by atoms with Crippen molar-refractivity contribution in [2.45, 2.75) is 56.9 Å². The number of sulfonamides is 1. The number of hydrogen-bond acceptors (Lipinski definition) is 5. The molecule has 3 aromatic carbocycles. The van der Waals surface area contributed by atoms with E-state index in [4.69, 9.17) is 4.74 Å². The topological polar surface area (TPSA) is 96.0 Å². The molecule has 2 unspecified atom stereocenters. The third-order valence-electron chi connectivity index (χ3n) is 6.75. The van der Waals surface area contributed by atoms with Crippen LogP contribution in [0, 0.1) is 0 Å². The molecular formula is C30H34F3N3O5S. The average molecular weight is 606 g/mol. The van der Waals surface area contributed by atoms with Crippen LogP contribution in [0.5, 0.6) is 5.75 Å². The SMILES string of the molecule is CCC(C)NC(=O)C(C)N(Cc1ccc(OC)cc1)C(=O)CN(c1cccc(C(F)(F)F)c1)S(=O)(=O)c1ccccc1. The van der Waals surface area contributed by atoms with E-state index in [2.05, 4.69) is 5.32 Å². The van der Waals surface area contributed by atoms with Gasteiger partial charge in [-0.3, -0.25) is 13.9 Å². The van der Waals surface area contributed by atoms with Crippen molar-refractivity contribution in [3.63, 3.8) is 0 Å². The molecule has 0 heterocycles. The van der Waals surface area contributed by atoms with Crippen molar-refractivity contribution in [2.75, 3.05) is 18.0 Å². The van der Waals surface area contributed by atoms with Gasteiger partial charge in [0, 0.05) is 12.6 Å². The molecule has 0 radical (unpaired) electrons. The van der Waals surface area contributed by atoms with Crippen LogP contribution in [-0.2, 0) is 32.3 Å². The molecule has 42 heavy (non-hydrogen) atoms. The number of ether oxygens (including phenoxy) is 1. The number of nitrogens with one attached hydrogen (secondary N) is 1. The maximum Gasteiger partial charge on any atom is 0.416 e. The van der Waals surface area contributed by atoms with Crippen molar-refractivity contribution in [1.29, 1.82) is 0 Å². The summed E-state index contributed by atoms with van der Waals surface area (Å²) in [7, 11) is -2.99. The van der Waals surface area contributed by atoms with Crippen LogP contribution in [0.1, 0.15) is 38.3 Å². The maximum atomic E-state index is 13.9. The van der Waals surface area contributed by atoms with E-state index in [1.54, 1.807) is 30.3 Å². The summed E-state index contributed by atoms with van der Waals surface area (Å²) in [6.45, 7) is 4.29. The van der Waals surface area contributed by atoms with Crippen LogP contribution >= 0.6 is 0 Å². The Morgan fingerprint density at radius 2 is 1.60 bits per heavy atom. The number of nitrogens with zero attached hydrogens (tertiary/aromatic N) is 2. The molecule has 0 aliphatic carbocycles. The van der Waals surface area contributed by atoms with Crippen molar-refractivity contribution in [2.24, 2.45) is 0 Å². The predicted octanol–water partition coefficient (Wildman–Crippen LogP) is 5.24. The zero-order valence-corrected chi connectivity index (χ0v) is 24.6. The van der Waals surface area contributed by atoms with Crippen LogP contribution in [0.25, 0.3) is 0 Å². The van der Waals surface area contributed by atoms with Gasteiger partial charge in [0.2, 0.25) is 11.8 Å².